The van der Waals surface area contributed by atoms with Gasteiger partial charge in [-0.15, -0.1) is 0 Å². The Morgan fingerprint density at radius 1 is 0.889 bits per heavy atom. The van der Waals surface area contributed by atoms with Gasteiger partial charge in [0.2, 0.25) is 0 Å². The fraction of sp³-hybridized carbons (Fsp3) is 0.357. The lowest BCUT2D eigenvalue weighted by atomic mass is 10.1. The van der Waals surface area contributed by atoms with Crippen molar-refractivity contribution in [2.75, 3.05) is 6.54 Å². The molecule has 0 aliphatic carbocycles. The zero-order valence-corrected chi connectivity index (χ0v) is 10.6. The second kappa shape index (κ2) is 6.21. The maximum atomic E-state index is 5.53. The highest BCUT2D eigenvalue weighted by atomic mass is 15.0. The summed E-state index contributed by atoms with van der Waals surface area (Å²) in [6.45, 7) is 2.47. The van der Waals surface area contributed by atoms with Gasteiger partial charge in [0.15, 0.2) is 0 Å². The van der Waals surface area contributed by atoms with E-state index in [2.05, 4.69) is 27.1 Å². The lowest BCUT2D eigenvalue weighted by Crippen LogP contribution is -2.11. The van der Waals surface area contributed by atoms with Gasteiger partial charge in [-0.3, -0.25) is 0 Å². The molecular formula is C14H18N4. The summed E-state index contributed by atoms with van der Waals surface area (Å²) in [5.41, 5.74) is 6.83. The lowest BCUT2D eigenvalue weighted by Gasteiger charge is -2.04. The van der Waals surface area contributed by atoms with Crippen LogP contribution in [0.2, 0.25) is 0 Å². The van der Waals surface area contributed by atoms with Gasteiger partial charge in [-0.05, 0) is 25.5 Å². The highest BCUT2D eigenvalue weighted by Crippen LogP contribution is 2.04. The van der Waals surface area contributed by atoms with E-state index in [0.29, 0.717) is 13.0 Å². The summed E-state index contributed by atoms with van der Waals surface area (Å²) in [4.78, 5) is 13.1. The van der Waals surface area contributed by atoms with Crippen molar-refractivity contribution in [1.29, 1.82) is 0 Å². The zero-order chi connectivity index (χ0) is 12.8. The lowest BCUT2D eigenvalue weighted by molar-refractivity contribution is 0.755. The first-order valence-corrected chi connectivity index (χ1v) is 6.22. The highest BCUT2D eigenvalue weighted by Gasteiger charge is 2.03. The molecule has 4 heteroatoms. The summed E-state index contributed by atoms with van der Waals surface area (Å²) in [6, 6.07) is 10.4. The van der Waals surface area contributed by atoms with Gasteiger partial charge in [0.05, 0.1) is 0 Å². The van der Waals surface area contributed by atoms with Crippen LogP contribution in [0.1, 0.15) is 23.0 Å². The normalized spacial score (nSPS) is 10.6. The molecule has 94 valence electrons. The van der Waals surface area contributed by atoms with Crippen molar-refractivity contribution in [2.45, 2.75) is 26.2 Å². The summed E-state index contributed by atoms with van der Waals surface area (Å²) >= 11 is 0. The van der Waals surface area contributed by atoms with Crippen LogP contribution < -0.4 is 5.73 Å². The minimum absolute atomic E-state index is 0.571. The van der Waals surface area contributed by atoms with Crippen LogP contribution in [0, 0.1) is 6.92 Å². The Morgan fingerprint density at radius 2 is 1.56 bits per heavy atom. The van der Waals surface area contributed by atoms with Crippen molar-refractivity contribution >= 4 is 0 Å². The Kier molecular flexibility index (Phi) is 4.36. The molecule has 0 saturated carbocycles. The average Bonchev–Trinajstić information content (AvgIpc) is 2.37. The number of aromatic nitrogens is 3. The third-order valence-electron chi connectivity index (χ3n) is 2.69. The van der Waals surface area contributed by atoms with E-state index in [4.69, 9.17) is 5.73 Å². The molecule has 1 aromatic heterocycles. The molecular weight excluding hydrogens is 224 g/mol. The number of hydrogen-bond donors (Lipinski definition) is 1. The molecule has 0 saturated heterocycles. The molecule has 0 aliphatic rings. The first-order chi connectivity index (χ1) is 8.78. The predicted molar refractivity (Wildman–Crippen MR) is 71.2 cm³/mol. The molecule has 4 nitrogen and oxygen atoms in total. The number of aryl methyl sites for hydroxylation is 3. The average molecular weight is 242 g/mol. The van der Waals surface area contributed by atoms with Gasteiger partial charge in [0.1, 0.15) is 17.5 Å². The van der Waals surface area contributed by atoms with Crippen molar-refractivity contribution in [2.24, 2.45) is 5.73 Å². The van der Waals surface area contributed by atoms with Gasteiger partial charge in [-0.1, -0.05) is 30.3 Å². The Morgan fingerprint density at radius 3 is 2.22 bits per heavy atom. The Bertz CT molecular complexity index is 496. The topological polar surface area (TPSA) is 64.7 Å². The summed E-state index contributed by atoms with van der Waals surface area (Å²) in [7, 11) is 0. The fourth-order valence-electron chi connectivity index (χ4n) is 1.85. The van der Waals surface area contributed by atoms with E-state index >= 15 is 0 Å². The molecule has 0 unspecified atom stereocenters. The Hall–Kier alpha value is -1.81. The fourth-order valence-corrected chi connectivity index (χ4v) is 1.85. The molecule has 2 rings (SSSR count). The Balaban J connectivity index is 2.05. The maximum absolute atomic E-state index is 5.53. The van der Waals surface area contributed by atoms with Crippen LogP contribution in [0.4, 0.5) is 0 Å². The largest absolute Gasteiger partial charge is 0.330 e. The SMILES string of the molecule is Cc1nc(CCN)nc(CCc2ccccc2)n1. The van der Waals surface area contributed by atoms with Crippen molar-refractivity contribution in [3.05, 3.63) is 53.4 Å². The van der Waals surface area contributed by atoms with Gasteiger partial charge < -0.3 is 5.73 Å². The van der Waals surface area contributed by atoms with E-state index in [1.165, 1.54) is 5.56 Å². The van der Waals surface area contributed by atoms with Crippen LogP contribution in [0.25, 0.3) is 0 Å². The van der Waals surface area contributed by atoms with Crippen molar-refractivity contribution in [1.82, 2.24) is 15.0 Å². The van der Waals surface area contributed by atoms with Gasteiger partial charge >= 0.3 is 0 Å². The highest BCUT2D eigenvalue weighted by molar-refractivity contribution is 5.15. The van der Waals surface area contributed by atoms with Crippen LogP contribution in [0.3, 0.4) is 0 Å². The van der Waals surface area contributed by atoms with E-state index in [1.807, 2.05) is 25.1 Å². The molecule has 0 amide bonds. The molecule has 0 bridgehead atoms. The molecule has 18 heavy (non-hydrogen) atoms. The van der Waals surface area contributed by atoms with Gasteiger partial charge in [0, 0.05) is 12.8 Å². The van der Waals surface area contributed by atoms with Crippen LogP contribution in [-0.2, 0) is 19.3 Å². The second-order valence-electron chi connectivity index (χ2n) is 4.24. The minimum Gasteiger partial charge on any atom is -0.330 e. The zero-order valence-electron chi connectivity index (χ0n) is 10.6. The van der Waals surface area contributed by atoms with Gasteiger partial charge in [-0.25, -0.2) is 15.0 Å². The summed E-state index contributed by atoms with van der Waals surface area (Å²) < 4.78 is 0. The molecule has 2 N–H and O–H groups in total. The third-order valence-corrected chi connectivity index (χ3v) is 2.69. The van der Waals surface area contributed by atoms with Crippen LogP contribution in [-0.4, -0.2) is 21.5 Å². The van der Waals surface area contributed by atoms with Crippen molar-refractivity contribution < 1.29 is 0 Å². The smallest absolute Gasteiger partial charge is 0.133 e. The number of benzene rings is 1. The molecule has 0 aliphatic heterocycles. The van der Waals surface area contributed by atoms with E-state index in [-0.39, 0.29) is 0 Å². The van der Waals surface area contributed by atoms with Crippen LogP contribution in [0.15, 0.2) is 30.3 Å². The van der Waals surface area contributed by atoms with Crippen molar-refractivity contribution in [3.8, 4) is 0 Å². The summed E-state index contributed by atoms with van der Waals surface area (Å²) in [5.74, 6) is 2.43. The molecule has 1 heterocycles. The summed E-state index contributed by atoms with van der Waals surface area (Å²) in [6.07, 6.45) is 2.50. The van der Waals surface area contributed by atoms with E-state index < -0.39 is 0 Å². The first kappa shape index (κ1) is 12.6. The number of nitrogens with zero attached hydrogens (tertiary/aromatic N) is 3. The minimum atomic E-state index is 0.571. The first-order valence-electron chi connectivity index (χ1n) is 6.22. The maximum Gasteiger partial charge on any atom is 0.133 e. The molecule has 0 fully saturated rings. The third kappa shape index (κ3) is 3.60. The number of rotatable bonds is 5. The monoisotopic (exact) mass is 242 g/mol. The number of hydrogen-bond acceptors (Lipinski definition) is 4. The molecule has 1 aromatic carbocycles. The molecule has 2 aromatic rings. The van der Waals surface area contributed by atoms with E-state index in [9.17, 15) is 0 Å². The van der Waals surface area contributed by atoms with Crippen molar-refractivity contribution in [3.63, 3.8) is 0 Å². The predicted octanol–water partition coefficient (Wildman–Crippen LogP) is 1.47. The van der Waals surface area contributed by atoms with Crippen LogP contribution in [0.5, 0.6) is 0 Å². The molecule has 0 atom stereocenters. The standard InChI is InChI=1S/C14H18N4/c1-11-16-13(18-14(17-11)9-10-15)8-7-12-5-3-2-4-6-12/h2-6H,7-10,15H2,1H3. The number of nitrogens with two attached hydrogens (primary N) is 1. The van der Waals surface area contributed by atoms with Crippen LogP contribution >= 0.6 is 0 Å². The quantitative estimate of drug-likeness (QED) is 0.862. The Labute approximate surface area is 107 Å². The molecule has 0 spiro atoms. The summed E-state index contributed by atoms with van der Waals surface area (Å²) in [5, 5.41) is 0. The van der Waals surface area contributed by atoms with Gasteiger partial charge in [-0.2, -0.15) is 0 Å². The van der Waals surface area contributed by atoms with E-state index in [1.54, 1.807) is 0 Å². The molecule has 0 radical (unpaired) electrons. The van der Waals surface area contributed by atoms with Gasteiger partial charge in [0.25, 0.3) is 0 Å². The second-order valence-corrected chi connectivity index (χ2v) is 4.24. The van der Waals surface area contributed by atoms with E-state index in [0.717, 1.165) is 30.3 Å².